The van der Waals surface area contributed by atoms with E-state index in [-0.39, 0.29) is 23.0 Å². The van der Waals surface area contributed by atoms with Crippen LogP contribution in [0.2, 0.25) is 0 Å². The van der Waals surface area contributed by atoms with Crippen LogP contribution < -0.4 is 4.90 Å². The number of nitrogens with zero attached hydrogens (tertiary/aromatic N) is 3. The lowest BCUT2D eigenvalue weighted by Gasteiger charge is -2.16. The van der Waals surface area contributed by atoms with Gasteiger partial charge in [0.1, 0.15) is 0 Å². The van der Waals surface area contributed by atoms with E-state index in [1.54, 1.807) is 54.7 Å². The highest BCUT2D eigenvalue weighted by atomic mass is 16.4. The Labute approximate surface area is 211 Å². The van der Waals surface area contributed by atoms with Gasteiger partial charge in [-0.05, 0) is 54.1 Å². The van der Waals surface area contributed by atoms with Gasteiger partial charge < -0.3 is 5.11 Å². The van der Waals surface area contributed by atoms with Crippen molar-refractivity contribution in [3.8, 4) is 11.1 Å². The third-order valence-electron chi connectivity index (χ3n) is 6.46. The molecule has 6 rings (SSSR count). The smallest absolute Gasteiger partial charge is 0.335 e. The fourth-order valence-electron chi connectivity index (χ4n) is 4.84. The fraction of sp³-hybridized carbons (Fsp3) is 0.0333. The number of hydrogen-bond donors (Lipinski definition) is 1. The van der Waals surface area contributed by atoms with Gasteiger partial charge in [0.25, 0.3) is 0 Å². The molecule has 1 N–H and O–H groups in total. The molecule has 1 amide bonds. The van der Waals surface area contributed by atoms with Crippen molar-refractivity contribution in [3.05, 3.63) is 108 Å². The summed E-state index contributed by atoms with van der Waals surface area (Å²) < 4.78 is 0. The van der Waals surface area contributed by atoms with Crippen LogP contribution >= 0.6 is 0 Å². The van der Waals surface area contributed by atoms with Crippen LogP contribution in [-0.2, 0) is 4.79 Å². The van der Waals surface area contributed by atoms with Crippen LogP contribution in [0.5, 0.6) is 0 Å². The summed E-state index contributed by atoms with van der Waals surface area (Å²) in [5.74, 6) is -1.58. The Morgan fingerprint density at radius 1 is 0.892 bits per heavy atom. The van der Waals surface area contributed by atoms with Crippen molar-refractivity contribution < 1.29 is 19.5 Å². The largest absolute Gasteiger partial charge is 0.478 e. The number of aromatic carboxylic acids is 1. The zero-order chi connectivity index (χ0) is 25.7. The Bertz CT molecular complexity index is 1820. The number of benzene rings is 3. The molecule has 0 unspecified atom stereocenters. The average molecular weight is 485 g/mol. The van der Waals surface area contributed by atoms with Crippen molar-refractivity contribution in [1.29, 1.82) is 0 Å². The first kappa shape index (κ1) is 22.3. The number of ketones is 1. The molecule has 1 aliphatic rings. The summed E-state index contributed by atoms with van der Waals surface area (Å²) in [4.78, 5) is 48.2. The summed E-state index contributed by atoms with van der Waals surface area (Å²) in [5, 5.41) is 11.2. The lowest BCUT2D eigenvalue weighted by molar-refractivity contribution is -0.116. The summed E-state index contributed by atoms with van der Waals surface area (Å²) in [5.41, 5.74) is 4.64. The minimum atomic E-state index is -1.04. The monoisotopic (exact) mass is 485 g/mol. The van der Waals surface area contributed by atoms with Crippen LogP contribution in [0.25, 0.3) is 39.0 Å². The Kier molecular flexibility index (Phi) is 5.12. The van der Waals surface area contributed by atoms with E-state index in [9.17, 15) is 19.5 Å². The van der Waals surface area contributed by atoms with E-state index in [4.69, 9.17) is 4.98 Å². The summed E-state index contributed by atoms with van der Waals surface area (Å²) in [6.45, 7) is 1.41. The maximum atomic E-state index is 13.3. The van der Waals surface area contributed by atoms with Crippen LogP contribution in [0, 0.1) is 0 Å². The number of carboxylic acid groups (broad SMARTS) is 1. The number of anilines is 1. The second-order valence-electron chi connectivity index (χ2n) is 8.74. The molecule has 7 heteroatoms. The van der Waals surface area contributed by atoms with Crippen molar-refractivity contribution in [2.45, 2.75) is 6.92 Å². The van der Waals surface area contributed by atoms with Gasteiger partial charge in [-0.3, -0.25) is 19.5 Å². The minimum Gasteiger partial charge on any atom is -0.478 e. The topological polar surface area (TPSA) is 100 Å². The molecule has 0 spiro atoms. The van der Waals surface area contributed by atoms with Crippen molar-refractivity contribution in [3.63, 3.8) is 0 Å². The number of hydrogen-bond acceptors (Lipinski definition) is 5. The van der Waals surface area contributed by atoms with Crippen molar-refractivity contribution in [2.75, 3.05) is 4.90 Å². The van der Waals surface area contributed by atoms with Gasteiger partial charge in [0.05, 0.1) is 33.7 Å². The fourth-order valence-corrected chi connectivity index (χ4v) is 4.84. The van der Waals surface area contributed by atoms with Crippen molar-refractivity contribution in [1.82, 2.24) is 9.97 Å². The van der Waals surface area contributed by atoms with Gasteiger partial charge in [0.2, 0.25) is 11.7 Å². The number of pyridine rings is 2. The molecule has 37 heavy (non-hydrogen) atoms. The Morgan fingerprint density at radius 2 is 1.68 bits per heavy atom. The summed E-state index contributed by atoms with van der Waals surface area (Å²) in [6.07, 6.45) is 3.32. The molecule has 178 valence electrons. The number of carbonyl (C=O) groups excluding carboxylic acids is 2. The predicted octanol–water partition coefficient (Wildman–Crippen LogP) is 5.74. The summed E-state index contributed by atoms with van der Waals surface area (Å²) in [6, 6.07) is 23.1. The molecule has 3 aromatic carbocycles. The Balaban J connectivity index is 1.62. The first-order valence-corrected chi connectivity index (χ1v) is 11.6. The number of para-hydroxylation sites is 2. The molecule has 1 aliphatic heterocycles. The van der Waals surface area contributed by atoms with E-state index in [1.165, 1.54) is 17.9 Å². The zero-order valence-corrected chi connectivity index (χ0v) is 19.7. The predicted molar refractivity (Wildman–Crippen MR) is 141 cm³/mol. The molecule has 0 radical (unpaired) electrons. The standard InChI is InChI=1S/C30H19N3O4/c1-17(34)33-26-10-3-2-8-22(26)29(35)27(33)16-20-15-23(21-9-4-6-18-7-5-13-31-28(18)21)24-14-19(30(36)37)11-12-25(24)32-20/h2-16H,1H3,(H,36,37)/b27-16+. The second-order valence-corrected chi connectivity index (χ2v) is 8.74. The summed E-state index contributed by atoms with van der Waals surface area (Å²) in [7, 11) is 0. The van der Waals surface area contributed by atoms with Gasteiger partial charge >= 0.3 is 5.97 Å². The molecule has 0 atom stereocenters. The first-order valence-electron chi connectivity index (χ1n) is 11.6. The molecule has 0 aliphatic carbocycles. The van der Waals surface area contributed by atoms with Crippen molar-refractivity contribution >= 4 is 51.2 Å². The number of allylic oxidation sites excluding steroid dienone is 1. The Hall–Kier alpha value is -5.17. The van der Waals surface area contributed by atoms with Gasteiger partial charge in [-0.2, -0.15) is 0 Å². The third-order valence-corrected chi connectivity index (χ3v) is 6.46. The van der Waals surface area contributed by atoms with Crippen LogP contribution in [-0.4, -0.2) is 32.7 Å². The molecule has 0 fully saturated rings. The average Bonchev–Trinajstić information content (AvgIpc) is 3.19. The number of rotatable bonds is 3. The number of fused-ring (bicyclic) bond motifs is 3. The molecule has 0 saturated heterocycles. The van der Waals surface area contributed by atoms with Crippen molar-refractivity contribution in [2.24, 2.45) is 0 Å². The van der Waals surface area contributed by atoms with Gasteiger partial charge in [0, 0.05) is 35.0 Å². The highest BCUT2D eigenvalue weighted by molar-refractivity contribution is 6.26. The van der Waals surface area contributed by atoms with E-state index in [2.05, 4.69) is 4.98 Å². The third kappa shape index (κ3) is 3.65. The molecule has 2 aromatic heterocycles. The number of Topliss-reactive ketones (excluding diaryl/α,β-unsaturated/α-hetero) is 1. The van der Waals surface area contributed by atoms with E-state index < -0.39 is 5.97 Å². The van der Waals surface area contributed by atoms with Crippen LogP contribution in [0.1, 0.15) is 33.3 Å². The number of carboxylic acids is 1. The molecular weight excluding hydrogens is 466 g/mol. The van der Waals surface area contributed by atoms with Gasteiger partial charge in [0.15, 0.2) is 0 Å². The number of aromatic nitrogens is 2. The van der Waals surface area contributed by atoms with Crippen LogP contribution in [0.4, 0.5) is 5.69 Å². The molecule has 0 saturated carbocycles. The van der Waals surface area contributed by atoms with E-state index in [0.717, 1.165) is 22.0 Å². The molecule has 0 bridgehead atoms. The van der Waals surface area contributed by atoms with Gasteiger partial charge in [-0.15, -0.1) is 0 Å². The maximum absolute atomic E-state index is 13.3. The minimum absolute atomic E-state index is 0.138. The number of amides is 1. The lowest BCUT2D eigenvalue weighted by atomic mass is 9.96. The molecular formula is C30H19N3O4. The van der Waals surface area contributed by atoms with E-state index >= 15 is 0 Å². The summed E-state index contributed by atoms with van der Waals surface area (Å²) >= 11 is 0. The molecule has 7 nitrogen and oxygen atoms in total. The molecule has 5 aromatic rings. The van der Waals surface area contributed by atoms with E-state index in [0.29, 0.717) is 27.8 Å². The lowest BCUT2D eigenvalue weighted by Crippen LogP contribution is -2.25. The highest BCUT2D eigenvalue weighted by Gasteiger charge is 2.34. The van der Waals surface area contributed by atoms with E-state index in [1.807, 2.05) is 30.3 Å². The zero-order valence-electron chi connectivity index (χ0n) is 19.7. The highest BCUT2D eigenvalue weighted by Crippen LogP contribution is 2.37. The normalized spacial score (nSPS) is 13.9. The SMILES string of the molecule is CC(=O)N1/C(=C/c2cc(-c3cccc4cccnc34)c3cc(C(=O)O)ccc3n2)C(=O)c2ccccc21. The maximum Gasteiger partial charge on any atom is 0.335 e. The van der Waals surface area contributed by atoms with Crippen LogP contribution in [0.3, 0.4) is 0 Å². The van der Waals surface area contributed by atoms with Crippen LogP contribution in [0.15, 0.2) is 90.8 Å². The van der Waals surface area contributed by atoms with Gasteiger partial charge in [-0.25, -0.2) is 9.78 Å². The van der Waals surface area contributed by atoms with Gasteiger partial charge in [-0.1, -0.05) is 36.4 Å². The second kappa shape index (κ2) is 8.49. The quantitative estimate of drug-likeness (QED) is 0.327. The first-order chi connectivity index (χ1) is 17.9. The Morgan fingerprint density at radius 3 is 2.49 bits per heavy atom. The number of carbonyl (C=O) groups is 3. The molecule has 3 heterocycles.